The molecule has 1 aromatic heterocycles. The maximum atomic E-state index is 13.4. The summed E-state index contributed by atoms with van der Waals surface area (Å²) < 4.78 is 0. The fraction of sp³-hybridized carbons (Fsp3) is 0.607. The Hall–Kier alpha value is -3.63. The first-order valence-corrected chi connectivity index (χ1v) is 13.5. The Morgan fingerprint density at radius 3 is 2.42 bits per heavy atom. The van der Waals surface area contributed by atoms with E-state index in [-0.39, 0.29) is 24.8 Å². The second-order valence-corrected chi connectivity index (χ2v) is 11.5. The van der Waals surface area contributed by atoms with Gasteiger partial charge in [0.2, 0.25) is 5.91 Å². The average Bonchev–Trinajstić information content (AvgIpc) is 3.21. The number of piperazine rings is 1. The zero-order valence-corrected chi connectivity index (χ0v) is 23.0. The fourth-order valence-corrected chi connectivity index (χ4v) is 6.32. The van der Waals surface area contributed by atoms with Gasteiger partial charge in [-0.25, -0.2) is 9.97 Å². The molecular weight excluding hydrogens is 478 g/mol. The highest BCUT2D eigenvalue weighted by molar-refractivity contribution is 5.88. The number of amides is 1. The lowest BCUT2D eigenvalue weighted by Crippen LogP contribution is -2.67. The van der Waals surface area contributed by atoms with Crippen LogP contribution in [0.2, 0.25) is 0 Å². The normalized spacial score (nSPS) is 25.7. The van der Waals surface area contributed by atoms with E-state index in [1.165, 1.54) is 12.0 Å². The van der Waals surface area contributed by atoms with E-state index in [0.29, 0.717) is 31.8 Å². The van der Waals surface area contributed by atoms with Crippen LogP contribution < -0.4 is 15.1 Å². The molecular formula is C28H39N9O. The van der Waals surface area contributed by atoms with Gasteiger partial charge in [-0.05, 0) is 39.7 Å². The third-order valence-corrected chi connectivity index (χ3v) is 8.82. The number of nitriles is 2. The number of hydrogen-bond donors (Lipinski definition) is 1. The van der Waals surface area contributed by atoms with Crippen molar-refractivity contribution in [2.45, 2.75) is 57.5 Å². The lowest BCUT2D eigenvalue weighted by molar-refractivity contribution is -0.144. The van der Waals surface area contributed by atoms with E-state index < -0.39 is 5.41 Å². The first-order chi connectivity index (χ1) is 18.2. The molecule has 10 heteroatoms. The Morgan fingerprint density at radius 1 is 1.18 bits per heavy atom. The summed E-state index contributed by atoms with van der Waals surface area (Å²) in [5.74, 6) is 2.73. The van der Waals surface area contributed by atoms with Crippen LogP contribution in [-0.4, -0.2) is 84.6 Å². The second kappa shape index (κ2) is 9.59. The van der Waals surface area contributed by atoms with Crippen molar-refractivity contribution in [2.75, 3.05) is 56.6 Å². The number of fused-ring (bicyclic) bond motifs is 2. The van der Waals surface area contributed by atoms with Crippen molar-refractivity contribution in [3.05, 3.63) is 35.4 Å². The predicted octanol–water partition coefficient (Wildman–Crippen LogP) is 2.38. The smallest absolute Gasteiger partial charge is 0.246 e. The molecule has 1 amide bonds. The first kappa shape index (κ1) is 26.0. The van der Waals surface area contributed by atoms with E-state index in [0.717, 1.165) is 36.8 Å². The molecule has 1 N–H and O–H groups in total. The van der Waals surface area contributed by atoms with Crippen LogP contribution in [-0.2, 0) is 10.2 Å². The minimum Gasteiger partial charge on any atom is -0.364 e. The van der Waals surface area contributed by atoms with Gasteiger partial charge in [0.1, 0.15) is 23.8 Å². The number of carbonyl (C=O) groups is 1. The number of aromatic nitrogens is 2. The number of anilines is 2. The minimum absolute atomic E-state index is 0. The molecule has 0 aromatic carbocycles. The van der Waals surface area contributed by atoms with Gasteiger partial charge in [0.05, 0.1) is 17.7 Å². The summed E-state index contributed by atoms with van der Waals surface area (Å²) >= 11 is 0. The van der Waals surface area contributed by atoms with Gasteiger partial charge in [-0.2, -0.15) is 10.5 Å². The topological polar surface area (TPSA) is 115 Å². The van der Waals surface area contributed by atoms with Crippen LogP contribution in [0.3, 0.4) is 0 Å². The van der Waals surface area contributed by atoms with Crippen molar-refractivity contribution in [3.8, 4) is 12.1 Å². The number of rotatable bonds is 5. The lowest BCUT2D eigenvalue weighted by Gasteiger charge is -2.49. The van der Waals surface area contributed by atoms with Crippen LogP contribution in [0.15, 0.2) is 29.9 Å². The molecule has 5 rings (SSSR count). The second-order valence-electron chi connectivity index (χ2n) is 11.5. The van der Waals surface area contributed by atoms with E-state index in [1.54, 1.807) is 6.33 Å². The largest absolute Gasteiger partial charge is 0.364 e. The molecule has 0 radical (unpaired) electrons. The number of nitrogens with zero attached hydrogens (tertiary/aromatic N) is 8. The monoisotopic (exact) mass is 517 g/mol. The number of allylic oxidation sites excluding steroid dienone is 3. The van der Waals surface area contributed by atoms with Gasteiger partial charge in [0.25, 0.3) is 0 Å². The quantitative estimate of drug-likeness (QED) is 0.464. The summed E-state index contributed by atoms with van der Waals surface area (Å²) in [4.78, 5) is 31.5. The van der Waals surface area contributed by atoms with Crippen molar-refractivity contribution in [2.24, 2.45) is 5.41 Å². The number of carbonyl (C=O) groups excluding carboxylic acids is 1. The van der Waals surface area contributed by atoms with Crippen LogP contribution in [0.4, 0.5) is 11.6 Å². The van der Waals surface area contributed by atoms with Crippen molar-refractivity contribution in [3.63, 3.8) is 0 Å². The first-order valence-electron chi connectivity index (χ1n) is 13.5. The molecule has 2 saturated heterocycles. The van der Waals surface area contributed by atoms with Crippen LogP contribution in [0.1, 0.15) is 47.0 Å². The highest BCUT2D eigenvalue weighted by Crippen LogP contribution is 2.56. The molecule has 1 saturated carbocycles. The minimum atomic E-state index is -0.938. The molecule has 4 aliphatic rings. The average molecular weight is 518 g/mol. The van der Waals surface area contributed by atoms with Crippen LogP contribution >= 0.6 is 0 Å². The molecule has 0 bridgehead atoms. The van der Waals surface area contributed by atoms with Crippen LogP contribution in [0.25, 0.3) is 0 Å². The Kier molecular flexibility index (Phi) is 6.56. The van der Waals surface area contributed by atoms with E-state index in [4.69, 9.17) is 9.97 Å². The van der Waals surface area contributed by atoms with E-state index in [2.05, 4.69) is 41.1 Å². The van der Waals surface area contributed by atoms with Gasteiger partial charge in [0, 0.05) is 71.3 Å². The van der Waals surface area contributed by atoms with E-state index >= 15 is 0 Å². The maximum absolute atomic E-state index is 13.4. The molecule has 3 fully saturated rings. The molecule has 1 aromatic rings. The van der Waals surface area contributed by atoms with Gasteiger partial charge in [-0.3, -0.25) is 4.79 Å². The molecule has 1 spiro atoms. The van der Waals surface area contributed by atoms with E-state index in [1.807, 2.05) is 43.0 Å². The highest BCUT2D eigenvalue weighted by Gasteiger charge is 2.53. The van der Waals surface area contributed by atoms with Gasteiger partial charge >= 0.3 is 0 Å². The molecule has 10 nitrogen and oxygen atoms in total. The summed E-state index contributed by atoms with van der Waals surface area (Å²) in [7, 11) is 3.99. The molecule has 38 heavy (non-hydrogen) atoms. The van der Waals surface area contributed by atoms with Crippen molar-refractivity contribution in [1.82, 2.24) is 25.1 Å². The van der Waals surface area contributed by atoms with Crippen molar-refractivity contribution < 1.29 is 6.22 Å². The van der Waals surface area contributed by atoms with Crippen molar-refractivity contribution in [1.29, 1.82) is 10.5 Å². The van der Waals surface area contributed by atoms with Crippen LogP contribution in [0.5, 0.6) is 0 Å². The maximum Gasteiger partial charge on any atom is 0.246 e. The Morgan fingerprint density at radius 2 is 1.89 bits per heavy atom. The van der Waals surface area contributed by atoms with Gasteiger partial charge in [-0.15, -0.1) is 0 Å². The summed E-state index contributed by atoms with van der Waals surface area (Å²) in [6, 6.07) is 4.54. The number of nitrogens with one attached hydrogen (secondary N) is 1. The summed E-state index contributed by atoms with van der Waals surface area (Å²) in [5, 5.41) is 22.4. The Bertz CT molecular complexity index is 1270. The lowest BCUT2D eigenvalue weighted by atomic mass is 9.66. The predicted molar refractivity (Wildman–Crippen MR) is 147 cm³/mol. The highest BCUT2D eigenvalue weighted by atomic mass is 16.2. The molecule has 2 atom stereocenters. The Balaban J connectivity index is 0.00000353. The summed E-state index contributed by atoms with van der Waals surface area (Å²) in [5.41, 5.74) is 0.836. The van der Waals surface area contributed by atoms with Gasteiger partial charge in [0.15, 0.2) is 5.41 Å². The third kappa shape index (κ3) is 3.90. The third-order valence-electron chi connectivity index (χ3n) is 8.82. The van der Waals surface area contributed by atoms with Gasteiger partial charge in [-0.1, -0.05) is 12.5 Å². The molecule has 3 aliphatic heterocycles. The van der Waals surface area contributed by atoms with E-state index in [9.17, 15) is 15.3 Å². The number of hydrogen-bond acceptors (Lipinski definition) is 9. The molecule has 1 aliphatic carbocycles. The fourth-order valence-electron chi connectivity index (χ4n) is 6.32. The molecule has 202 valence electrons. The molecule has 4 heterocycles. The van der Waals surface area contributed by atoms with Crippen LogP contribution in [0, 0.1) is 28.1 Å². The zero-order valence-electron chi connectivity index (χ0n) is 23.0. The van der Waals surface area contributed by atoms with Crippen molar-refractivity contribution >= 4 is 17.5 Å². The van der Waals surface area contributed by atoms with Gasteiger partial charge < -0.3 is 24.9 Å². The SMILES string of the molecule is C/C=C(C#N)\C=C(/N(C)C)N1CC2(CCC2)c2c1ncnc2N1C[C@@H](C)N(C(=O)C2(C#N)CNC2)C[C@@H]1C.[HH]. The summed E-state index contributed by atoms with van der Waals surface area (Å²) in [6.07, 6.45) is 8.72. The Labute approximate surface area is 226 Å². The standard InChI is InChI=1S/C28H37N9O.H2/c1-6-21(11-29)10-22(34(4)5)37-17-27(8-7-9-27)23-24(32-18-33-25(23)37)35-12-20(3)36(13-19(35)2)26(38)28(14-30)15-31-16-28;/h6,10,18-20,31H,7-9,12-13,15-17H2,1-5H3;1H/b21-6+,22-10+;/t19-,20+;/m0./s1. The molecule has 0 unspecified atom stereocenters. The zero-order chi connectivity index (χ0) is 27.2. The summed E-state index contributed by atoms with van der Waals surface area (Å²) in [6.45, 7) is 8.92.